The van der Waals surface area contributed by atoms with Gasteiger partial charge in [0.15, 0.2) is 0 Å². The molecule has 0 unspecified atom stereocenters. The number of rotatable bonds is 12. The van der Waals surface area contributed by atoms with Crippen LogP contribution in [0.1, 0.15) is 19.4 Å². The van der Waals surface area contributed by atoms with E-state index >= 15 is 0 Å². The Balaban J connectivity index is 1.88. The molecule has 0 saturated carbocycles. The average molecular weight is 475 g/mol. The molecule has 0 aliphatic heterocycles. The normalized spacial score (nSPS) is 11.4. The fourth-order valence-electron chi connectivity index (χ4n) is 3.07. The average Bonchev–Trinajstić information content (AvgIpc) is 3.25. The zero-order valence-electron chi connectivity index (χ0n) is 18.6. The number of hydrogen-bond donors (Lipinski definition) is 1. The van der Waals surface area contributed by atoms with Crippen LogP contribution in [0.3, 0.4) is 0 Å². The predicted octanol–water partition coefficient (Wildman–Crippen LogP) is 4.80. The van der Waals surface area contributed by atoms with Crippen LogP contribution in [0.4, 0.5) is 11.6 Å². The van der Waals surface area contributed by atoms with Crippen LogP contribution in [0.2, 0.25) is 0 Å². The number of anilines is 1. The molecule has 0 amide bonds. The number of nitro benzene ring substituents is 1. The monoisotopic (exact) mass is 475 g/mol. The Morgan fingerprint density at radius 3 is 2.24 bits per heavy atom. The zero-order chi connectivity index (χ0) is 23.8. The summed E-state index contributed by atoms with van der Waals surface area (Å²) in [6.07, 6.45) is 0.657. The highest BCUT2D eigenvalue weighted by Gasteiger charge is 2.35. The Morgan fingerprint density at radius 2 is 1.70 bits per heavy atom. The third-order valence-electron chi connectivity index (χ3n) is 4.65. The highest BCUT2D eigenvalue weighted by atomic mass is 31.2. The summed E-state index contributed by atoms with van der Waals surface area (Å²) in [5.74, 6) is 1.08. The standard InChI is InChI=1S/C22H26N3O7P/c1-4-30-33(28,31-5-2)22-21(23-15-14-16-6-12-19(29-3)13-7-16)32-20(24-22)17-8-10-18(11-9-17)25(26)27/h6-13,23H,4-5,14-15H2,1-3H3. The van der Waals surface area contributed by atoms with Crippen LogP contribution in [0.5, 0.6) is 5.75 Å². The van der Waals surface area contributed by atoms with Gasteiger partial charge in [0.25, 0.3) is 5.69 Å². The van der Waals surface area contributed by atoms with Gasteiger partial charge in [0.1, 0.15) is 5.75 Å². The van der Waals surface area contributed by atoms with E-state index in [1.807, 2.05) is 24.3 Å². The second-order valence-corrected chi connectivity index (χ2v) is 8.77. The number of ether oxygens (including phenoxy) is 1. The number of non-ortho nitro benzene ring substituents is 1. The first kappa shape index (κ1) is 24.4. The molecule has 0 bridgehead atoms. The number of benzene rings is 2. The molecule has 2 aromatic carbocycles. The number of oxazole rings is 1. The molecule has 1 aromatic heterocycles. The summed E-state index contributed by atoms with van der Waals surface area (Å²) in [4.78, 5) is 14.8. The van der Waals surface area contributed by atoms with E-state index in [9.17, 15) is 14.7 Å². The van der Waals surface area contributed by atoms with Crippen molar-refractivity contribution in [1.29, 1.82) is 0 Å². The number of hydrogen-bond acceptors (Lipinski definition) is 9. The number of nitrogens with zero attached hydrogens (tertiary/aromatic N) is 2. The highest BCUT2D eigenvalue weighted by Crippen LogP contribution is 2.49. The van der Waals surface area contributed by atoms with Crippen LogP contribution in [0.15, 0.2) is 52.9 Å². The van der Waals surface area contributed by atoms with Crippen molar-refractivity contribution in [2.24, 2.45) is 0 Å². The molecule has 0 saturated heterocycles. The molecule has 11 heteroatoms. The van der Waals surface area contributed by atoms with E-state index in [0.717, 1.165) is 11.3 Å². The molecule has 3 aromatic rings. The molecule has 1 heterocycles. The lowest BCUT2D eigenvalue weighted by Crippen LogP contribution is -2.17. The summed E-state index contributed by atoms with van der Waals surface area (Å²) in [6.45, 7) is 4.19. The van der Waals surface area contributed by atoms with Crippen molar-refractivity contribution in [3.63, 3.8) is 0 Å². The van der Waals surface area contributed by atoms with Gasteiger partial charge in [-0.2, -0.15) is 4.98 Å². The van der Waals surface area contributed by atoms with Crippen LogP contribution in [0.25, 0.3) is 11.5 Å². The van der Waals surface area contributed by atoms with Crippen molar-refractivity contribution in [3.05, 3.63) is 64.2 Å². The van der Waals surface area contributed by atoms with Gasteiger partial charge in [0.2, 0.25) is 17.2 Å². The molecule has 0 aliphatic rings. The Labute approximate surface area is 191 Å². The van der Waals surface area contributed by atoms with Gasteiger partial charge in [-0.15, -0.1) is 0 Å². The van der Waals surface area contributed by atoms with Crippen molar-refractivity contribution < 1.29 is 27.7 Å². The molecule has 0 fully saturated rings. The second-order valence-electron chi connectivity index (χ2n) is 6.83. The lowest BCUT2D eigenvalue weighted by atomic mass is 10.1. The van der Waals surface area contributed by atoms with Gasteiger partial charge in [0.05, 0.1) is 25.2 Å². The Bertz CT molecular complexity index is 1100. The lowest BCUT2D eigenvalue weighted by Gasteiger charge is -2.15. The third-order valence-corrected chi connectivity index (χ3v) is 6.67. The summed E-state index contributed by atoms with van der Waals surface area (Å²) in [7, 11) is -2.14. The minimum atomic E-state index is -3.75. The third kappa shape index (κ3) is 5.98. The summed E-state index contributed by atoms with van der Waals surface area (Å²) < 4.78 is 35.4. The largest absolute Gasteiger partial charge is 0.497 e. The van der Waals surface area contributed by atoms with Gasteiger partial charge < -0.3 is 23.5 Å². The van der Waals surface area contributed by atoms with Gasteiger partial charge in [-0.1, -0.05) is 12.1 Å². The van der Waals surface area contributed by atoms with Gasteiger partial charge in [0, 0.05) is 24.2 Å². The molecule has 0 spiro atoms. The topological polar surface area (TPSA) is 126 Å². The Hall–Kier alpha value is -3.20. The maximum atomic E-state index is 13.4. The van der Waals surface area contributed by atoms with Crippen LogP contribution < -0.4 is 15.5 Å². The Morgan fingerprint density at radius 1 is 1.06 bits per heavy atom. The van der Waals surface area contributed by atoms with E-state index in [-0.39, 0.29) is 36.1 Å². The number of aromatic nitrogens is 1. The second kappa shape index (κ2) is 11.1. The van der Waals surface area contributed by atoms with E-state index in [4.69, 9.17) is 18.2 Å². The van der Waals surface area contributed by atoms with Gasteiger partial charge in [-0.3, -0.25) is 14.7 Å². The first-order chi connectivity index (χ1) is 15.9. The molecule has 0 radical (unpaired) electrons. The molecule has 0 aliphatic carbocycles. The summed E-state index contributed by atoms with van der Waals surface area (Å²) in [5.41, 5.74) is 1.54. The van der Waals surface area contributed by atoms with Crippen LogP contribution in [-0.2, 0) is 20.0 Å². The van der Waals surface area contributed by atoms with Crippen LogP contribution in [0, 0.1) is 10.1 Å². The van der Waals surface area contributed by atoms with Crippen molar-refractivity contribution in [3.8, 4) is 17.2 Å². The number of nitro groups is 1. The fraction of sp³-hybridized carbons (Fsp3) is 0.318. The van der Waals surface area contributed by atoms with E-state index in [0.29, 0.717) is 18.5 Å². The molecule has 10 nitrogen and oxygen atoms in total. The number of nitrogens with one attached hydrogen (secondary N) is 1. The molecule has 1 N–H and O–H groups in total. The maximum absolute atomic E-state index is 13.4. The fourth-order valence-corrected chi connectivity index (χ4v) is 4.66. The van der Waals surface area contributed by atoms with Crippen LogP contribution in [-0.4, -0.2) is 36.8 Å². The first-order valence-corrected chi connectivity index (χ1v) is 12.0. The number of methoxy groups -OCH3 is 1. The Kier molecular flexibility index (Phi) is 8.21. The zero-order valence-corrected chi connectivity index (χ0v) is 19.5. The van der Waals surface area contributed by atoms with E-state index in [1.165, 1.54) is 24.3 Å². The SMILES string of the molecule is CCOP(=O)(OCC)c1nc(-c2ccc([N+](=O)[O-])cc2)oc1NCCc1ccc(OC)cc1. The van der Waals surface area contributed by atoms with E-state index in [1.54, 1.807) is 21.0 Å². The lowest BCUT2D eigenvalue weighted by molar-refractivity contribution is -0.384. The van der Waals surface area contributed by atoms with Gasteiger partial charge in [-0.05, 0) is 50.1 Å². The maximum Gasteiger partial charge on any atom is 0.385 e. The van der Waals surface area contributed by atoms with E-state index in [2.05, 4.69) is 10.3 Å². The first-order valence-electron chi connectivity index (χ1n) is 10.4. The molecule has 0 atom stereocenters. The van der Waals surface area contributed by atoms with E-state index < -0.39 is 12.5 Å². The minimum Gasteiger partial charge on any atom is -0.497 e. The van der Waals surface area contributed by atoms with Crippen molar-refractivity contribution in [2.45, 2.75) is 20.3 Å². The summed E-state index contributed by atoms with van der Waals surface area (Å²) >= 11 is 0. The molecule has 176 valence electrons. The van der Waals surface area contributed by atoms with Crippen LogP contribution >= 0.6 is 7.60 Å². The molecular formula is C22H26N3O7P. The summed E-state index contributed by atoms with van der Waals surface area (Å²) in [5, 5.41) is 14.1. The molecular weight excluding hydrogens is 449 g/mol. The van der Waals surface area contributed by atoms with Crippen molar-refractivity contribution >= 4 is 24.6 Å². The van der Waals surface area contributed by atoms with Crippen molar-refractivity contribution in [1.82, 2.24) is 4.98 Å². The molecule has 33 heavy (non-hydrogen) atoms. The smallest absolute Gasteiger partial charge is 0.385 e. The van der Waals surface area contributed by atoms with Gasteiger partial charge >= 0.3 is 7.60 Å². The minimum absolute atomic E-state index is 0.0364. The highest BCUT2D eigenvalue weighted by molar-refractivity contribution is 7.62. The van der Waals surface area contributed by atoms with Crippen molar-refractivity contribution in [2.75, 3.05) is 32.2 Å². The summed E-state index contributed by atoms with van der Waals surface area (Å²) in [6, 6.07) is 13.4. The quantitative estimate of drug-likeness (QED) is 0.223. The molecule has 3 rings (SSSR count). The van der Waals surface area contributed by atoms with Gasteiger partial charge in [-0.25, -0.2) is 0 Å². The predicted molar refractivity (Wildman–Crippen MR) is 124 cm³/mol.